The molecular weight excluding hydrogens is 232 g/mol. The standard InChI is InChI=1S/C13H18N2O3/c1-7(13(16)17)11-8(2)14-12(15-9(11)3)10-5-4-6-18-10/h7,10H,4-6H2,1-3H3,(H,16,17). The molecule has 1 fully saturated rings. The second-order valence-electron chi connectivity index (χ2n) is 4.73. The number of carbonyl (C=O) groups is 1. The van der Waals surface area contributed by atoms with Crippen molar-refractivity contribution in [2.75, 3.05) is 6.61 Å². The summed E-state index contributed by atoms with van der Waals surface area (Å²) in [4.78, 5) is 19.9. The lowest BCUT2D eigenvalue weighted by atomic mass is 9.98. The molecule has 2 heterocycles. The average Bonchev–Trinajstić information content (AvgIpc) is 2.80. The predicted molar refractivity (Wildman–Crippen MR) is 65.5 cm³/mol. The van der Waals surface area contributed by atoms with Crippen molar-refractivity contribution in [1.82, 2.24) is 9.97 Å². The largest absolute Gasteiger partial charge is 0.481 e. The van der Waals surface area contributed by atoms with Gasteiger partial charge in [-0.3, -0.25) is 4.79 Å². The van der Waals surface area contributed by atoms with E-state index < -0.39 is 11.9 Å². The van der Waals surface area contributed by atoms with Crippen LogP contribution in [0.4, 0.5) is 0 Å². The highest BCUT2D eigenvalue weighted by Gasteiger charge is 2.25. The quantitative estimate of drug-likeness (QED) is 0.889. The van der Waals surface area contributed by atoms with Crippen LogP contribution in [0.5, 0.6) is 0 Å². The average molecular weight is 250 g/mol. The van der Waals surface area contributed by atoms with Crippen molar-refractivity contribution in [1.29, 1.82) is 0 Å². The Morgan fingerprint density at radius 3 is 2.44 bits per heavy atom. The third-order valence-electron chi connectivity index (χ3n) is 3.37. The number of nitrogens with zero attached hydrogens (tertiary/aromatic N) is 2. The first-order valence-electron chi connectivity index (χ1n) is 6.20. The van der Waals surface area contributed by atoms with Crippen molar-refractivity contribution >= 4 is 5.97 Å². The van der Waals surface area contributed by atoms with Gasteiger partial charge in [0.2, 0.25) is 0 Å². The minimum Gasteiger partial charge on any atom is -0.481 e. The molecule has 2 unspecified atom stereocenters. The fourth-order valence-electron chi connectivity index (χ4n) is 2.43. The molecule has 0 spiro atoms. The molecule has 2 rings (SSSR count). The second kappa shape index (κ2) is 5.02. The van der Waals surface area contributed by atoms with Gasteiger partial charge in [-0.05, 0) is 33.6 Å². The van der Waals surface area contributed by atoms with Gasteiger partial charge in [-0.25, -0.2) is 9.97 Å². The van der Waals surface area contributed by atoms with E-state index >= 15 is 0 Å². The molecule has 5 heteroatoms. The Labute approximate surface area is 106 Å². The van der Waals surface area contributed by atoms with E-state index in [0.29, 0.717) is 11.4 Å². The van der Waals surface area contributed by atoms with Gasteiger partial charge in [-0.2, -0.15) is 0 Å². The minimum absolute atomic E-state index is 0.0309. The highest BCUT2D eigenvalue weighted by Crippen LogP contribution is 2.29. The van der Waals surface area contributed by atoms with Gasteiger partial charge in [0.25, 0.3) is 0 Å². The highest BCUT2D eigenvalue weighted by atomic mass is 16.5. The number of carboxylic acids is 1. The molecule has 18 heavy (non-hydrogen) atoms. The van der Waals surface area contributed by atoms with Gasteiger partial charge in [0.1, 0.15) is 6.10 Å². The van der Waals surface area contributed by atoms with Gasteiger partial charge in [-0.15, -0.1) is 0 Å². The van der Waals surface area contributed by atoms with E-state index in [-0.39, 0.29) is 6.10 Å². The summed E-state index contributed by atoms with van der Waals surface area (Å²) in [5, 5.41) is 9.08. The molecule has 0 radical (unpaired) electrons. The van der Waals surface area contributed by atoms with Gasteiger partial charge in [-0.1, -0.05) is 0 Å². The van der Waals surface area contributed by atoms with Crippen LogP contribution in [-0.2, 0) is 9.53 Å². The van der Waals surface area contributed by atoms with Crippen molar-refractivity contribution in [3.63, 3.8) is 0 Å². The number of carboxylic acid groups (broad SMARTS) is 1. The smallest absolute Gasteiger partial charge is 0.310 e. The van der Waals surface area contributed by atoms with Crippen LogP contribution >= 0.6 is 0 Å². The molecule has 0 aromatic carbocycles. The van der Waals surface area contributed by atoms with Crippen molar-refractivity contribution in [2.45, 2.75) is 45.6 Å². The first kappa shape index (κ1) is 13.0. The van der Waals surface area contributed by atoms with Crippen molar-refractivity contribution in [3.05, 3.63) is 22.8 Å². The second-order valence-corrected chi connectivity index (χ2v) is 4.73. The number of hydrogen-bond acceptors (Lipinski definition) is 4. The molecule has 2 atom stereocenters. The van der Waals surface area contributed by atoms with Crippen LogP contribution < -0.4 is 0 Å². The first-order chi connectivity index (χ1) is 8.50. The normalized spacial score (nSPS) is 20.9. The Morgan fingerprint density at radius 1 is 1.39 bits per heavy atom. The summed E-state index contributed by atoms with van der Waals surface area (Å²) in [6.45, 7) is 6.08. The molecule has 0 bridgehead atoms. The van der Waals surface area contributed by atoms with Crippen LogP contribution in [0, 0.1) is 13.8 Å². The summed E-state index contributed by atoms with van der Waals surface area (Å²) in [5.41, 5.74) is 2.19. The third-order valence-corrected chi connectivity index (χ3v) is 3.37. The lowest BCUT2D eigenvalue weighted by molar-refractivity contribution is -0.138. The molecule has 0 saturated carbocycles. The van der Waals surface area contributed by atoms with Gasteiger partial charge in [0.15, 0.2) is 5.82 Å². The van der Waals surface area contributed by atoms with Gasteiger partial charge in [0.05, 0.1) is 5.92 Å². The van der Waals surface area contributed by atoms with E-state index in [0.717, 1.165) is 30.8 Å². The predicted octanol–water partition coefficient (Wildman–Crippen LogP) is 2.13. The molecule has 1 aromatic heterocycles. The zero-order valence-corrected chi connectivity index (χ0v) is 10.9. The summed E-state index contributed by atoms with van der Waals surface area (Å²) in [5.74, 6) is -0.748. The summed E-state index contributed by atoms with van der Waals surface area (Å²) >= 11 is 0. The Kier molecular flexibility index (Phi) is 3.61. The van der Waals surface area contributed by atoms with E-state index in [4.69, 9.17) is 9.84 Å². The number of aromatic nitrogens is 2. The van der Waals surface area contributed by atoms with E-state index in [9.17, 15) is 4.79 Å². The van der Waals surface area contributed by atoms with Gasteiger partial charge < -0.3 is 9.84 Å². The Bertz CT molecular complexity index is 444. The van der Waals surface area contributed by atoms with Gasteiger partial charge >= 0.3 is 5.97 Å². The molecule has 1 aromatic rings. The molecule has 1 aliphatic heterocycles. The summed E-state index contributed by atoms with van der Waals surface area (Å²) in [6, 6.07) is 0. The zero-order chi connectivity index (χ0) is 13.3. The number of aliphatic carboxylic acids is 1. The molecule has 98 valence electrons. The summed E-state index contributed by atoms with van der Waals surface area (Å²) in [7, 11) is 0. The van der Waals surface area contributed by atoms with Crippen LogP contribution in [0.2, 0.25) is 0 Å². The lowest BCUT2D eigenvalue weighted by Crippen LogP contribution is -2.15. The molecule has 1 N–H and O–H groups in total. The van der Waals surface area contributed by atoms with E-state index in [2.05, 4.69) is 9.97 Å². The monoisotopic (exact) mass is 250 g/mol. The topological polar surface area (TPSA) is 72.3 Å². The Morgan fingerprint density at radius 2 is 2.00 bits per heavy atom. The lowest BCUT2D eigenvalue weighted by Gasteiger charge is -2.16. The summed E-state index contributed by atoms with van der Waals surface area (Å²) < 4.78 is 5.56. The van der Waals surface area contributed by atoms with Crippen LogP contribution in [0.3, 0.4) is 0 Å². The first-order valence-corrected chi connectivity index (χ1v) is 6.20. The number of ether oxygens (including phenoxy) is 1. The number of aryl methyl sites for hydroxylation is 2. The minimum atomic E-state index is -0.852. The Balaban J connectivity index is 2.37. The van der Waals surface area contributed by atoms with Crippen molar-refractivity contribution in [2.24, 2.45) is 0 Å². The SMILES string of the molecule is Cc1nc(C2CCCO2)nc(C)c1C(C)C(=O)O. The number of rotatable bonds is 3. The van der Waals surface area contributed by atoms with E-state index in [1.54, 1.807) is 6.92 Å². The van der Waals surface area contributed by atoms with Crippen LogP contribution in [0.25, 0.3) is 0 Å². The van der Waals surface area contributed by atoms with E-state index in [1.165, 1.54) is 0 Å². The highest BCUT2D eigenvalue weighted by molar-refractivity contribution is 5.76. The Hall–Kier alpha value is -1.49. The maximum Gasteiger partial charge on any atom is 0.310 e. The van der Waals surface area contributed by atoms with Crippen molar-refractivity contribution in [3.8, 4) is 0 Å². The summed E-state index contributed by atoms with van der Waals surface area (Å²) in [6.07, 6.45) is 1.93. The molecule has 0 aliphatic carbocycles. The maximum atomic E-state index is 11.1. The number of hydrogen-bond donors (Lipinski definition) is 1. The molecule has 0 amide bonds. The fraction of sp³-hybridized carbons (Fsp3) is 0.615. The zero-order valence-electron chi connectivity index (χ0n) is 10.9. The molecule has 5 nitrogen and oxygen atoms in total. The van der Waals surface area contributed by atoms with Crippen LogP contribution in [0.15, 0.2) is 0 Å². The van der Waals surface area contributed by atoms with Crippen molar-refractivity contribution < 1.29 is 14.6 Å². The van der Waals surface area contributed by atoms with Crippen LogP contribution in [0.1, 0.15) is 54.6 Å². The van der Waals surface area contributed by atoms with E-state index in [1.807, 2.05) is 13.8 Å². The van der Waals surface area contributed by atoms with Crippen LogP contribution in [-0.4, -0.2) is 27.7 Å². The molecular formula is C13H18N2O3. The molecule has 1 aliphatic rings. The fourth-order valence-corrected chi connectivity index (χ4v) is 2.43. The maximum absolute atomic E-state index is 11.1. The molecule has 1 saturated heterocycles. The third kappa shape index (κ3) is 2.36. The van der Waals surface area contributed by atoms with Gasteiger partial charge in [0, 0.05) is 23.6 Å².